The van der Waals surface area contributed by atoms with Crippen LogP contribution in [0.15, 0.2) is 91.0 Å². The first kappa shape index (κ1) is 20.1. The smallest absolute Gasteiger partial charge is 0.0947 e. The Kier molecular flexibility index (Phi) is 7.88. The van der Waals surface area contributed by atoms with Gasteiger partial charge in [0.15, 0.2) is 0 Å². The van der Waals surface area contributed by atoms with E-state index in [0.717, 1.165) is 13.0 Å². The molecule has 140 valence electrons. The van der Waals surface area contributed by atoms with Crippen molar-refractivity contribution >= 4 is 21.6 Å². The quantitative estimate of drug-likeness (QED) is 0.244. The van der Waals surface area contributed by atoms with Crippen LogP contribution in [0.5, 0.6) is 0 Å². The van der Waals surface area contributed by atoms with Crippen LogP contribution in [-0.2, 0) is 5.54 Å². The highest BCUT2D eigenvalue weighted by Crippen LogP contribution is 2.36. The SMILES string of the molecule is CCSSCCCNC(c1ccccc1)(c1ccccc1)c1ccccc1. The van der Waals surface area contributed by atoms with Crippen LogP contribution >= 0.6 is 21.6 Å². The number of hydrogen-bond donors (Lipinski definition) is 1. The first-order valence-corrected chi connectivity index (χ1v) is 12.0. The molecule has 0 bridgehead atoms. The third-order valence-corrected chi connectivity index (χ3v) is 7.18. The Morgan fingerprint density at radius 2 is 1.11 bits per heavy atom. The lowest BCUT2D eigenvalue weighted by Gasteiger charge is -2.37. The zero-order chi connectivity index (χ0) is 18.8. The maximum Gasteiger partial charge on any atom is 0.0947 e. The molecule has 3 aromatic carbocycles. The zero-order valence-electron chi connectivity index (χ0n) is 15.8. The zero-order valence-corrected chi connectivity index (χ0v) is 17.4. The standard InChI is InChI=1S/C24H27NS2/c1-2-26-27-20-12-19-25-24(21-13-6-3-7-14-21,22-15-8-4-9-16-22)23-17-10-5-11-18-23/h3-11,13-18,25H,2,12,19-20H2,1H3. The lowest BCUT2D eigenvalue weighted by Crippen LogP contribution is -2.45. The average Bonchev–Trinajstić information content (AvgIpc) is 2.75. The van der Waals surface area contributed by atoms with Gasteiger partial charge in [0.05, 0.1) is 5.54 Å². The number of rotatable bonds is 10. The molecule has 3 rings (SSSR count). The summed E-state index contributed by atoms with van der Waals surface area (Å²) in [7, 11) is 3.91. The predicted octanol–water partition coefficient (Wildman–Crippen LogP) is 6.36. The molecule has 0 saturated carbocycles. The van der Waals surface area contributed by atoms with Gasteiger partial charge in [-0.15, -0.1) is 0 Å². The van der Waals surface area contributed by atoms with Crippen LogP contribution in [0.3, 0.4) is 0 Å². The molecule has 0 saturated heterocycles. The predicted molar refractivity (Wildman–Crippen MR) is 122 cm³/mol. The molecule has 0 aromatic heterocycles. The normalized spacial score (nSPS) is 11.4. The van der Waals surface area contributed by atoms with E-state index in [1.54, 1.807) is 0 Å². The number of nitrogens with one attached hydrogen (secondary N) is 1. The molecule has 3 aromatic rings. The van der Waals surface area contributed by atoms with Gasteiger partial charge in [0, 0.05) is 11.5 Å². The summed E-state index contributed by atoms with van der Waals surface area (Å²) in [6.07, 6.45) is 1.14. The minimum absolute atomic E-state index is 0.341. The van der Waals surface area contributed by atoms with Gasteiger partial charge in [-0.1, -0.05) is 120 Å². The molecule has 3 heteroatoms. The highest BCUT2D eigenvalue weighted by molar-refractivity contribution is 8.76. The third kappa shape index (κ3) is 4.98. The summed E-state index contributed by atoms with van der Waals surface area (Å²) in [5.74, 6) is 2.33. The van der Waals surface area contributed by atoms with Crippen molar-refractivity contribution in [2.75, 3.05) is 18.1 Å². The van der Waals surface area contributed by atoms with Crippen molar-refractivity contribution in [3.63, 3.8) is 0 Å². The third-order valence-electron chi connectivity index (χ3n) is 4.62. The van der Waals surface area contributed by atoms with E-state index in [-0.39, 0.29) is 5.54 Å². The largest absolute Gasteiger partial charge is 0.300 e. The van der Waals surface area contributed by atoms with E-state index in [1.165, 1.54) is 28.2 Å². The van der Waals surface area contributed by atoms with E-state index in [0.29, 0.717) is 0 Å². The van der Waals surface area contributed by atoms with E-state index in [4.69, 9.17) is 0 Å². The van der Waals surface area contributed by atoms with Crippen molar-refractivity contribution in [3.8, 4) is 0 Å². The maximum absolute atomic E-state index is 3.94. The fourth-order valence-corrected chi connectivity index (χ4v) is 5.17. The molecule has 0 radical (unpaired) electrons. The van der Waals surface area contributed by atoms with Crippen LogP contribution in [0.2, 0.25) is 0 Å². The molecule has 0 fully saturated rings. The van der Waals surface area contributed by atoms with E-state index in [9.17, 15) is 0 Å². The molecule has 0 heterocycles. The second-order valence-electron chi connectivity index (χ2n) is 6.36. The highest BCUT2D eigenvalue weighted by atomic mass is 33.1. The fourth-order valence-electron chi connectivity index (χ4n) is 3.42. The Bertz CT molecular complexity index is 679. The van der Waals surface area contributed by atoms with E-state index in [2.05, 4.69) is 103 Å². The second-order valence-corrected chi connectivity index (χ2v) is 9.23. The van der Waals surface area contributed by atoms with Crippen LogP contribution < -0.4 is 5.32 Å². The Morgan fingerprint density at radius 1 is 0.667 bits per heavy atom. The lowest BCUT2D eigenvalue weighted by atomic mass is 9.77. The Labute approximate surface area is 171 Å². The van der Waals surface area contributed by atoms with Crippen molar-refractivity contribution in [2.24, 2.45) is 0 Å². The van der Waals surface area contributed by atoms with Gasteiger partial charge in [0.25, 0.3) is 0 Å². The molecular formula is C24H27NS2. The topological polar surface area (TPSA) is 12.0 Å². The number of benzene rings is 3. The Morgan fingerprint density at radius 3 is 1.52 bits per heavy atom. The monoisotopic (exact) mass is 393 g/mol. The van der Waals surface area contributed by atoms with Crippen molar-refractivity contribution < 1.29 is 0 Å². The molecule has 0 amide bonds. The van der Waals surface area contributed by atoms with E-state index >= 15 is 0 Å². The molecular weight excluding hydrogens is 366 g/mol. The van der Waals surface area contributed by atoms with Crippen molar-refractivity contribution in [2.45, 2.75) is 18.9 Å². The molecule has 0 aliphatic heterocycles. The molecule has 0 aliphatic carbocycles. The Balaban J connectivity index is 1.98. The van der Waals surface area contributed by atoms with Crippen LogP contribution in [0, 0.1) is 0 Å². The van der Waals surface area contributed by atoms with Gasteiger partial charge in [0.2, 0.25) is 0 Å². The van der Waals surface area contributed by atoms with Gasteiger partial charge in [-0.05, 0) is 29.7 Å². The van der Waals surface area contributed by atoms with Crippen LogP contribution in [0.25, 0.3) is 0 Å². The highest BCUT2D eigenvalue weighted by Gasteiger charge is 2.35. The van der Waals surface area contributed by atoms with Crippen LogP contribution in [0.1, 0.15) is 30.0 Å². The molecule has 0 atom stereocenters. The summed E-state index contributed by atoms with van der Waals surface area (Å²) in [6.45, 7) is 3.18. The summed E-state index contributed by atoms with van der Waals surface area (Å²) in [5.41, 5.74) is 3.49. The summed E-state index contributed by atoms with van der Waals surface area (Å²) >= 11 is 0. The summed E-state index contributed by atoms with van der Waals surface area (Å²) in [6, 6.07) is 32.4. The minimum atomic E-state index is -0.341. The van der Waals surface area contributed by atoms with Crippen molar-refractivity contribution in [1.29, 1.82) is 0 Å². The van der Waals surface area contributed by atoms with Gasteiger partial charge in [0.1, 0.15) is 0 Å². The lowest BCUT2D eigenvalue weighted by molar-refractivity contribution is 0.473. The average molecular weight is 394 g/mol. The van der Waals surface area contributed by atoms with Crippen molar-refractivity contribution in [3.05, 3.63) is 108 Å². The van der Waals surface area contributed by atoms with Gasteiger partial charge in [-0.3, -0.25) is 5.32 Å². The first-order valence-electron chi connectivity index (χ1n) is 9.54. The molecule has 0 aliphatic rings. The summed E-state index contributed by atoms with van der Waals surface area (Å²) in [4.78, 5) is 0. The van der Waals surface area contributed by atoms with Crippen LogP contribution in [0.4, 0.5) is 0 Å². The summed E-state index contributed by atoms with van der Waals surface area (Å²) < 4.78 is 0. The van der Waals surface area contributed by atoms with Gasteiger partial charge in [-0.2, -0.15) is 0 Å². The van der Waals surface area contributed by atoms with Gasteiger partial charge in [-0.25, -0.2) is 0 Å². The van der Waals surface area contributed by atoms with E-state index in [1.807, 2.05) is 21.6 Å². The van der Waals surface area contributed by atoms with Crippen molar-refractivity contribution in [1.82, 2.24) is 5.32 Å². The first-order chi connectivity index (χ1) is 13.4. The molecule has 27 heavy (non-hydrogen) atoms. The van der Waals surface area contributed by atoms with E-state index < -0.39 is 0 Å². The minimum Gasteiger partial charge on any atom is -0.300 e. The van der Waals surface area contributed by atoms with Gasteiger partial charge >= 0.3 is 0 Å². The van der Waals surface area contributed by atoms with Crippen LogP contribution in [-0.4, -0.2) is 18.1 Å². The molecule has 0 spiro atoms. The Hall–Kier alpha value is -1.68. The molecule has 1 nitrogen and oxygen atoms in total. The number of hydrogen-bond acceptors (Lipinski definition) is 3. The fraction of sp³-hybridized carbons (Fsp3) is 0.250. The molecule has 0 unspecified atom stereocenters. The molecule has 1 N–H and O–H groups in total. The second kappa shape index (κ2) is 10.6. The maximum atomic E-state index is 3.94. The summed E-state index contributed by atoms with van der Waals surface area (Å²) in [5, 5.41) is 3.94. The van der Waals surface area contributed by atoms with Gasteiger partial charge < -0.3 is 0 Å².